The van der Waals surface area contributed by atoms with Crippen molar-refractivity contribution < 1.29 is 40.7 Å². The zero-order chi connectivity index (χ0) is 25.1. The second-order valence-electron chi connectivity index (χ2n) is 7.03. The molecule has 34 heavy (non-hydrogen) atoms. The molecule has 1 amide bonds. The van der Waals surface area contributed by atoms with Gasteiger partial charge in [-0.1, -0.05) is 12.1 Å². The summed E-state index contributed by atoms with van der Waals surface area (Å²) in [5.41, 5.74) is -2.65. The van der Waals surface area contributed by atoms with Crippen molar-refractivity contribution in [3.8, 4) is 0 Å². The molecule has 0 saturated heterocycles. The van der Waals surface area contributed by atoms with Gasteiger partial charge in [-0.05, 0) is 54.1 Å². The van der Waals surface area contributed by atoms with Crippen molar-refractivity contribution in [1.29, 1.82) is 0 Å². The Morgan fingerprint density at radius 1 is 0.853 bits per heavy atom. The van der Waals surface area contributed by atoms with Gasteiger partial charge in [-0.2, -0.15) is 26.3 Å². The highest BCUT2D eigenvalue weighted by atomic mass is 19.4. The molecule has 3 rings (SSSR count). The number of halogens is 6. The average molecular weight is 482 g/mol. The summed E-state index contributed by atoms with van der Waals surface area (Å²) in [5.74, 6) is -1.49. The molecule has 0 radical (unpaired) electrons. The maximum Gasteiger partial charge on any atom is 0.418 e. The van der Waals surface area contributed by atoms with Crippen molar-refractivity contribution in [3.63, 3.8) is 0 Å². The number of carbonyl (C=O) groups is 2. The van der Waals surface area contributed by atoms with E-state index in [-0.39, 0.29) is 16.7 Å². The first-order valence-electron chi connectivity index (χ1n) is 9.60. The van der Waals surface area contributed by atoms with E-state index in [1.807, 2.05) is 0 Å². The Labute approximate surface area is 189 Å². The molecule has 2 aromatic carbocycles. The van der Waals surface area contributed by atoms with Gasteiger partial charge < -0.3 is 10.1 Å². The number of methoxy groups -OCH3 is 1. The van der Waals surface area contributed by atoms with Gasteiger partial charge in [0.1, 0.15) is 0 Å². The highest BCUT2D eigenvalue weighted by molar-refractivity contribution is 5.96. The molecule has 1 aromatic heterocycles. The van der Waals surface area contributed by atoms with Crippen LogP contribution in [-0.4, -0.2) is 24.0 Å². The topological polar surface area (TPSA) is 68.3 Å². The van der Waals surface area contributed by atoms with E-state index < -0.39 is 47.1 Å². The molecule has 1 heterocycles. The fourth-order valence-electron chi connectivity index (χ4n) is 3.15. The summed E-state index contributed by atoms with van der Waals surface area (Å²) in [6, 6.07) is 8.75. The molecular weight excluding hydrogens is 466 g/mol. The molecule has 11 heteroatoms. The first-order valence-corrected chi connectivity index (χ1v) is 9.60. The minimum Gasteiger partial charge on any atom is -0.465 e. The lowest BCUT2D eigenvalue weighted by Crippen LogP contribution is -2.31. The number of pyridine rings is 1. The minimum absolute atomic E-state index is 0.00551. The second kappa shape index (κ2) is 9.54. The average Bonchev–Trinajstić information content (AvgIpc) is 2.81. The van der Waals surface area contributed by atoms with E-state index in [0.717, 1.165) is 30.5 Å². The highest BCUT2D eigenvalue weighted by Gasteiger charge is 2.37. The van der Waals surface area contributed by atoms with Gasteiger partial charge in [-0.3, -0.25) is 9.78 Å². The quantitative estimate of drug-likeness (QED) is 0.389. The third kappa shape index (κ3) is 5.53. The zero-order valence-electron chi connectivity index (χ0n) is 17.4. The molecule has 178 valence electrons. The summed E-state index contributed by atoms with van der Waals surface area (Å²) in [5, 5.41) is 2.40. The molecule has 5 nitrogen and oxygen atoms in total. The van der Waals surface area contributed by atoms with Gasteiger partial charge in [-0.25, -0.2) is 4.79 Å². The van der Waals surface area contributed by atoms with E-state index in [2.05, 4.69) is 15.0 Å². The van der Waals surface area contributed by atoms with E-state index in [4.69, 9.17) is 0 Å². The number of benzene rings is 2. The highest BCUT2D eigenvalue weighted by Crippen LogP contribution is 2.36. The van der Waals surface area contributed by atoms with Gasteiger partial charge in [0.15, 0.2) is 0 Å². The molecule has 1 unspecified atom stereocenters. The van der Waals surface area contributed by atoms with Crippen molar-refractivity contribution >= 4 is 11.9 Å². The number of rotatable bonds is 5. The Morgan fingerprint density at radius 3 is 1.97 bits per heavy atom. The number of aromatic nitrogens is 1. The maximum absolute atomic E-state index is 13.6. The number of alkyl halides is 6. The number of ether oxygens (including phenoxy) is 1. The Balaban J connectivity index is 2.03. The summed E-state index contributed by atoms with van der Waals surface area (Å²) >= 11 is 0. The van der Waals surface area contributed by atoms with Crippen molar-refractivity contribution in [2.75, 3.05) is 7.11 Å². The lowest BCUT2D eigenvalue weighted by molar-refractivity contribution is -0.139. The number of esters is 1. The summed E-state index contributed by atoms with van der Waals surface area (Å²) in [4.78, 5) is 28.1. The van der Waals surface area contributed by atoms with Crippen LogP contribution in [0.5, 0.6) is 0 Å². The zero-order valence-corrected chi connectivity index (χ0v) is 17.4. The summed E-state index contributed by atoms with van der Waals surface area (Å²) in [6.07, 6.45) is -8.40. The molecule has 0 aliphatic heterocycles. The largest absolute Gasteiger partial charge is 0.465 e. The Bertz CT molecular complexity index is 1170. The molecule has 0 spiro atoms. The van der Waals surface area contributed by atoms with Gasteiger partial charge in [0.2, 0.25) is 0 Å². The molecular formula is C23H16F6N2O3. The maximum atomic E-state index is 13.6. The SMILES string of the molecule is COC(=O)c1ccc(C(=O)NC(c2ccc(C(F)(F)F)cc2)c2ncccc2C(F)(F)F)cc1. The summed E-state index contributed by atoms with van der Waals surface area (Å²) in [7, 11) is 1.17. The van der Waals surface area contributed by atoms with Gasteiger partial charge in [0, 0.05) is 11.8 Å². The van der Waals surface area contributed by atoms with Gasteiger partial charge in [0.05, 0.1) is 35.5 Å². The number of hydrogen-bond acceptors (Lipinski definition) is 4. The van der Waals surface area contributed by atoms with Crippen molar-refractivity contribution in [1.82, 2.24) is 10.3 Å². The minimum atomic E-state index is -4.83. The third-order valence-electron chi connectivity index (χ3n) is 4.83. The summed E-state index contributed by atoms with van der Waals surface area (Å²) in [6.45, 7) is 0. The standard InChI is InChI=1S/C23H16F6N2O3/c1-34-21(33)15-6-4-14(5-7-15)20(32)31-18(13-8-10-16(11-9-13)22(24,25)26)19-17(23(27,28)29)3-2-12-30-19/h2-12,18H,1H3,(H,31,32). The molecule has 0 aliphatic rings. The molecule has 0 bridgehead atoms. The normalized spacial score (nSPS) is 12.7. The first kappa shape index (κ1) is 24.7. The van der Waals surface area contributed by atoms with Crippen LogP contribution in [0.2, 0.25) is 0 Å². The van der Waals surface area contributed by atoms with E-state index >= 15 is 0 Å². The number of nitrogens with one attached hydrogen (secondary N) is 1. The second-order valence-corrected chi connectivity index (χ2v) is 7.03. The van der Waals surface area contributed by atoms with Crippen molar-refractivity contribution in [3.05, 3.63) is 100 Å². The lowest BCUT2D eigenvalue weighted by Gasteiger charge is -2.23. The van der Waals surface area contributed by atoms with Crippen LogP contribution in [0.4, 0.5) is 26.3 Å². The van der Waals surface area contributed by atoms with Crippen LogP contribution < -0.4 is 5.32 Å². The predicted molar refractivity (Wildman–Crippen MR) is 108 cm³/mol. The van der Waals surface area contributed by atoms with E-state index in [9.17, 15) is 35.9 Å². The van der Waals surface area contributed by atoms with Crippen LogP contribution in [-0.2, 0) is 17.1 Å². The van der Waals surface area contributed by atoms with Crippen LogP contribution in [0.1, 0.15) is 49.1 Å². The van der Waals surface area contributed by atoms with E-state index in [0.29, 0.717) is 12.1 Å². The monoisotopic (exact) mass is 482 g/mol. The number of carbonyl (C=O) groups excluding carboxylic acids is 2. The Kier molecular flexibility index (Phi) is 6.94. The molecule has 1 atom stereocenters. The number of amides is 1. The van der Waals surface area contributed by atoms with E-state index in [1.54, 1.807) is 0 Å². The Hall–Kier alpha value is -3.89. The van der Waals surface area contributed by atoms with Gasteiger partial charge >= 0.3 is 18.3 Å². The van der Waals surface area contributed by atoms with E-state index in [1.165, 1.54) is 31.4 Å². The molecule has 0 aliphatic carbocycles. The van der Waals surface area contributed by atoms with Crippen LogP contribution >= 0.6 is 0 Å². The smallest absolute Gasteiger partial charge is 0.418 e. The number of nitrogens with zero attached hydrogens (tertiary/aromatic N) is 1. The predicted octanol–water partition coefficient (Wildman–Crippen LogP) is 5.43. The van der Waals surface area contributed by atoms with Crippen LogP contribution in [0.3, 0.4) is 0 Å². The lowest BCUT2D eigenvalue weighted by atomic mass is 9.97. The van der Waals surface area contributed by atoms with Gasteiger partial charge in [-0.15, -0.1) is 0 Å². The van der Waals surface area contributed by atoms with Crippen LogP contribution in [0.15, 0.2) is 66.9 Å². The number of hydrogen-bond donors (Lipinski definition) is 1. The first-order chi connectivity index (χ1) is 15.9. The van der Waals surface area contributed by atoms with Gasteiger partial charge in [0.25, 0.3) is 5.91 Å². The molecule has 1 N–H and O–H groups in total. The fraction of sp³-hybridized carbons (Fsp3) is 0.174. The van der Waals surface area contributed by atoms with Crippen LogP contribution in [0, 0.1) is 0 Å². The Morgan fingerprint density at radius 2 is 1.44 bits per heavy atom. The molecule has 0 fully saturated rings. The van der Waals surface area contributed by atoms with Crippen LogP contribution in [0.25, 0.3) is 0 Å². The van der Waals surface area contributed by atoms with Crippen molar-refractivity contribution in [2.24, 2.45) is 0 Å². The van der Waals surface area contributed by atoms with Crippen molar-refractivity contribution in [2.45, 2.75) is 18.4 Å². The third-order valence-corrected chi connectivity index (χ3v) is 4.83. The summed E-state index contributed by atoms with van der Waals surface area (Å²) < 4.78 is 84.2. The molecule has 0 saturated carbocycles. The fourth-order valence-corrected chi connectivity index (χ4v) is 3.15. The molecule has 3 aromatic rings.